The Labute approximate surface area is 79.2 Å². The van der Waals surface area contributed by atoms with Gasteiger partial charge < -0.3 is 19.7 Å². The minimum Gasteiger partial charge on any atom is -0.394 e. The molecular weight excluding hydrogens is 205 g/mol. The summed E-state index contributed by atoms with van der Waals surface area (Å²) in [5, 5.41) is 17.4. The smallest absolute Gasteiger partial charge is 0.384 e. The molecule has 0 aliphatic rings. The number of hydrogen-bond acceptors (Lipinski definition) is 4. The molecule has 0 saturated carbocycles. The number of aliphatic hydroxyl groups is 2. The highest BCUT2D eigenvalue weighted by molar-refractivity contribution is 4.76. The van der Waals surface area contributed by atoms with Crippen LogP contribution in [0.4, 0.5) is 13.2 Å². The van der Waals surface area contributed by atoms with Crippen molar-refractivity contribution < 1.29 is 32.9 Å². The largest absolute Gasteiger partial charge is 0.394 e. The molecule has 0 amide bonds. The Morgan fingerprint density at radius 3 is 2.36 bits per heavy atom. The van der Waals surface area contributed by atoms with Gasteiger partial charge in [0.05, 0.1) is 13.2 Å². The number of hydrogen-bond donors (Lipinski definition) is 2. The molecule has 0 radical (unpaired) electrons. The molecule has 2 atom stereocenters. The van der Waals surface area contributed by atoms with Gasteiger partial charge in [0.15, 0.2) is 6.10 Å². The molecule has 86 valence electrons. The fourth-order valence-corrected chi connectivity index (χ4v) is 0.871. The Balaban J connectivity index is 4.31. The third kappa shape index (κ3) is 3.79. The lowest BCUT2D eigenvalue weighted by Gasteiger charge is -2.27. The van der Waals surface area contributed by atoms with Gasteiger partial charge in [-0.2, -0.15) is 8.78 Å². The van der Waals surface area contributed by atoms with Crippen LogP contribution in [0.25, 0.3) is 0 Å². The summed E-state index contributed by atoms with van der Waals surface area (Å²) in [5.74, 6) is 0. The Kier molecular flexibility index (Phi) is 6.01. The molecule has 2 N–H and O–H groups in total. The molecule has 0 aromatic rings. The van der Waals surface area contributed by atoms with E-state index in [1.165, 1.54) is 0 Å². The summed E-state index contributed by atoms with van der Waals surface area (Å²) in [6, 6.07) is 0. The van der Waals surface area contributed by atoms with E-state index in [4.69, 9.17) is 10.2 Å². The van der Waals surface area contributed by atoms with Gasteiger partial charge in [-0.1, -0.05) is 0 Å². The SMILES string of the molecule is COC(C(O)CO)C(F)(F)OCCF. The maximum atomic E-state index is 12.9. The van der Waals surface area contributed by atoms with E-state index in [-0.39, 0.29) is 0 Å². The first kappa shape index (κ1) is 13.6. The molecule has 0 rings (SSSR count). The Hall–Kier alpha value is -0.370. The first-order chi connectivity index (χ1) is 6.49. The molecule has 0 aliphatic heterocycles. The minimum atomic E-state index is -3.83. The van der Waals surface area contributed by atoms with E-state index in [1.54, 1.807) is 0 Å². The van der Waals surface area contributed by atoms with E-state index in [9.17, 15) is 13.2 Å². The molecule has 0 bridgehead atoms. The normalized spacial score (nSPS) is 16.7. The first-order valence-corrected chi connectivity index (χ1v) is 3.89. The van der Waals surface area contributed by atoms with Gasteiger partial charge in [-0.25, -0.2) is 4.39 Å². The molecule has 0 saturated heterocycles. The molecular formula is C7H13F3O4. The molecule has 0 aromatic carbocycles. The molecule has 0 fully saturated rings. The third-order valence-electron chi connectivity index (χ3n) is 1.49. The molecule has 0 aliphatic carbocycles. The van der Waals surface area contributed by atoms with Crippen LogP contribution in [-0.2, 0) is 9.47 Å². The topological polar surface area (TPSA) is 58.9 Å². The maximum absolute atomic E-state index is 12.9. The number of ether oxygens (including phenoxy) is 2. The second-order valence-electron chi connectivity index (χ2n) is 2.51. The number of methoxy groups -OCH3 is 1. The lowest BCUT2D eigenvalue weighted by molar-refractivity contribution is -0.312. The van der Waals surface area contributed by atoms with Gasteiger partial charge in [-0.15, -0.1) is 0 Å². The van der Waals surface area contributed by atoms with Gasteiger partial charge in [0.1, 0.15) is 12.8 Å². The third-order valence-corrected chi connectivity index (χ3v) is 1.49. The zero-order chi connectivity index (χ0) is 11.2. The van der Waals surface area contributed by atoms with E-state index in [1.807, 2.05) is 0 Å². The van der Waals surface area contributed by atoms with Crippen molar-refractivity contribution >= 4 is 0 Å². The quantitative estimate of drug-likeness (QED) is 0.628. The van der Waals surface area contributed by atoms with Crippen molar-refractivity contribution in [2.45, 2.75) is 18.3 Å². The van der Waals surface area contributed by atoms with Crippen LogP contribution in [-0.4, -0.2) is 55.5 Å². The van der Waals surface area contributed by atoms with E-state index >= 15 is 0 Å². The van der Waals surface area contributed by atoms with E-state index < -0.39 is 38.2 Å². The summed E-state index contributed by atoms with van der Waals surface area (Å²) in [6.07, 6.45) is -7.63. The zero-order valence-electron chi connectivity index (χ0n) is 7.62. The second-order valence-corrected chi connectivity index (χ2v) is 2.51. The first-order valence-electron chi connectivity index (χ1n) is 3.89. The van der Waals surface area contributed by atoms with Crippen LogP contribution in [0.1, 0.15) is 0 Å². The highest BCUT2D eigenvalue weighted by Crippen LogP contribution is 2.25. The van der Waals surface area contributed by atoms with Crippen molar-refractivity contribution in [2.75, 3.05) is 27.0 Å². The van der Waals surface area contributed by atoms with Crippen LogP contribution < -0.4 is 0 Å². The van der Waals surface area contributed by atoms with Crippen LogP contribution in [0.3, 0.4) is 0 Å². The van der Waals surface area contributed by atoms with Crippen molar-refractivity contribution in [3.63, 3.8) is 0 Å². The van der Waals surface area contributed by atoms with Crippen LogP contribution in [0.15, 0.2) is 0 Å². The molecule has 2 unspecified atom stereocenters. The lowest BCUT2D eigenvalue weighted by atomic mass is 10.2. The van der Waals surface area contributed by atoms with Crippen LogP contribution >= 0.6 is 0 Å². The van der Waals surface area contributed by atoms with Crippen LogP contribution in [0.2, 0.25) is 0 Å². The van der Waals surface area contributed by atoms with Crippen LogP contribution in [0.5, 0.6) is 0 Å². The predicted octanol–water partition coefficient (Wildman–Crippen LogP) is -0.0665. The van der Waals surface area contributed by atoms with Crippen molar-refractivity contribution in [2.24, 2.45) is 0 Å². The molecule has 14 heavy (non-hydrogen) atoms. The van der Waals surface area contributed by atoms with Gasteiger partial charge in [0.2, 0.25) is 0 Å². The number of alkyl halides is 3. The van der Waals surface area contributed by atoms with Crippen molar-refractivity contribution in [3.8, 4) is 0 Å². The van der Waals surface area contributed by atoms with E-state index in [0.29, 0.717) is 0 Å². The molecule has 4 nitrogen and oxygen atoms in total. The summed E-state index contributed by atoms with van der Waals surface area (Å²) in [4.78, 5) is 0. The van der Waals surface area contributed by atoms with Gasteiger partial charge >= 0.3 is 6.11 Å². The number of halogens is 3. The summed E-state index contributed by atoms with van der Waals surface area (Å²) >= 11 is 0. The fraction of sp³-hybridized carbons (Fsp3) is 1.00. The standard InChI is InChI=1S/C7H13F3O4/c1-13-6(5(12)4-11)7(9,10)14-3-2-8/h5-6,11-12H,2-4H2,1H3. The molecule has 0 heterocycles. The summed E-state index contributed by atoms with van der Waals surface area (Å²) in [7, 11) is 0.927. The zero-order valence-corrected chi connectivity index (χ0v) is 7.62. The molecule has 7 heteroatoms. The van der Waals surface area contributed by atoms with Gasteiger partial charge in [0.25, 0.3) is 0 Å². The number of rotatable bonds is 7. The highest BCUT2D eigenvalue weighted by Gasteiger charge is 2.45. The highest BCUT2D eigenvalue weighted by atomic mass is 19.3. The molecule has 0 spiro atoms. The lowest BCUT2D eigenvalue weighted by Crippen LogP contribution is -2.47. The monoisotopic (exact) mass is 218 g/mol. The fourth-order valence-electron chi connectivity index (χ4n) is 0.871. The maximum Gasteiger partial charge on any atom is 0.384 e. The second kappa shape index (κ2) is 6.18. The van der Waals surface area contributed by atoms with Crippen molar-refractivity contribution in [1.82, 2.24) is 0 Å². The predicted molar refractivity (Wildman–Crippen MR) is 40.8 cm³/mol. The summed E-state index contributed by atoms with van der Waals surface area (Å²) in [6.45, 7) is -2.76. The Morgan fingerprint density at radius 2 is 2.00 bits per heavy atom. The minimum absolute atomic E-state index is 0.801. The average Bonchev–Trinajstić information content (AvgIpc) is 2.15. The van der Waals surface area contributed by atoms with Crippen molar-refractivity contribution in [1.29, 1.82) is 0 Å². The van der Waals surface area contributed by atoms with Crippen molar-refractivity contribution in [3.05, 3.63) is 0 Å². The molecule has 0 aromatic heterocycles. The Morgan fingerprint density at radius 1 is 1.43 bits per heavy atom. The number of aliphatic hydroxyl groups excluding tert-OH is 2. The average molecular weight is 218 g/mol. The van der Waals surface area contributed by atoms with Gasteiger partial charge in [-0.3, -0.25) is 0 Å². The van der Waals surface area contributed by atoms with E-state index in [0.717, 1.165) is 7.11 Å². The van der Waals surface area contributed by atoms with Gasteiger partial charge in [0, 0.05) is 7.11 Å². The summed E-state index contributed by atoms with van der Waals surface area (Å²) < 4.78 is 45.5. The van der Waals surface area contributed by atoms with E-state index in [2.05, 4.69) is 9.47 Å². The summed E-state index contributed by atoms with van der Waals surface area (Å²) in [5.41, 5.74) is 0. The van der Waals surface area contributed by atoms with Gasteiger partial charge in [-0.05, 0) is 0 Å². The Bertz CT molecular complexity index is 156. The van der Waals surface area contributed by atoms with Crippen LogP contribution in [0, 0.1) is 0 Å².